The van der Waals surface area contributed by atoms with Gasteiger partial charge in [0.1, 0.15) is 18.3 Å². The number of methoxy groups -OCH3 is 1. The molecule has 4 amide bonds. The minimum Gasteiger partial charge on any atom is -0.497 e. The lowest BCUT2D eigenvalue weighted by Crippen LogP contribution is -2.57. The lowest BCUT2D eigenvalue weighted by Gasteiger charge is -2.34. The van der Waals surface area contributed by atoms with Crippen molar-refractivity contribution < 1.29 is 32.6 Å². The summed E-state index contributed by atoms with van der Waals surface area (Å²) in [5, 5.41) is 15.6. The average Bonchev–Trinajstić information content (AvgIpc) is 3.42. The van der Waals surface area contributed by atoms with E-state index in [0.717, 1.165) is 26.9 Å². The Balaban J connectivity index is 1.41. The van der Waals surface area contributed by atoms with Gasteiger partial charge in [-0.2, -0.15) is 4.31 Å². The first kappa shape index (κ1) is 39.4. The molecule has 5 rings (SSSR count). The van der Waals surface area contributed by atoms with Crippen LogP contribution in [0.3, 0.4) is 0 Å². The molecular formula is C40H49N5O7S. The van der Waals surface area contributed by atoms with Gasteiger partial charge in [0.05, 0.1) is 36.2 Å². The van der Waals surface area contributed by atoms with E-state index in [2.05, 4.69) is 10.3 Å². The van der Waals surface area contributed by atoms with Gasteiger partial charge in [0.15, 0.2) is 0 Å². The second kappa shape index (κ2) is 17.3. The van der Waals surface area contributed by atoms with Crippen LogP contribution in [0.4, 0.5) is 4.79 Å². The highest BCUT2D eigenvalue weighted by molar-refractivity contribution is 7.89. The van der Waals surface area contributed by atoms with Crippen LogP contribution in [0.1, 0.15) is 45.2 Å². The molecule has 4 atom stereocenters. The fourth-order valence-corrected chi connectivity index (χ4v) is 8.28. The Morgan fingerprint density at radius 2 is 1.64 bits per heavy atom. The fourth-order valence-electron chi connectivity index (χ4n) is 6.66. The van der Waals surface area contributed by atoms with E-state index < -0.39 is 46.1 Å². The summed E-state index contributed by atoms with van der Waals surface area (Å²) in [5.74, 6) is -0.876. The molecule has 12 nitrogen and oxygen atoms in total. The first-order chi connectivity index (χ1) is 25.3. The highest BCUT2D eigenvalue weighted by Crippen LogP contribution is 2.26. The van der Waals surface area contributed by atoms with Crippen LogP contribution in [0.5, 0.6) is 5.75 Å². The molecule has 0 radical (unpaired) electrons. The van der Waals surface area contributed by atoms with E-state index in [1.165, 1.54) is 28.4 Å². The minimum atomic E-state index is -4.05. The van der Waals surface area contributed by atoms with Crippen molar-refractivity contribution in [1.82, 2.24) is 24.4 Å². The molecule has 1 aliphatic rings. The van der Waals surface area contributed by atoms with Crippen molar-refractivity contribution in [3.63, 3.8) is 0 Å². The zero-order chi connectivity index (χ0) is 38.3. The van der Waals surface area contributed by atoms with Gasteiger partial charge in [0, 0.05) is 24.7 Å². The standard InChI is InChI=1S/C40H49N5O7S/c1-6-28(4)38(45-26-37(47)44(40(45)49)24-30-20-21-41-34-15-11-10-14-33(30)34)39(48)42-35(22-29-12-8-7-9-13-29)36(46)25-43(23-27(2)3)53(50,51)32-18-16-31(52-5)17-19-32/h7-21,27-28,35-36,38,46H,6,22-26H2,1-5H3,(H,42,48)/t28-,35-,36+,38-/m0/s1. The number of para-hydroxylation sites is 1. The highest BCUT2D eigenvalue weighted by Gasteiger charge is 2.45. The van der Waals surface area contributed by atoms with Crippen LogP contribution in [0.2, 0.25) is 0 Å². The van der Waals surface area contributed by atoms with Crippen molar-refractivity contribution in [1.29, 1.82) is 0 Å². The number of rotatable bonds is 17. The van der Waals surface area contributed by atoms with Gasteiger partial charge >= 0.3 is 6.03 Å². The van der Waals surface area contributed by atoms with E-state index in [4.69, 9.17) is 4.74 Å². The smallest absolute Gasteiger partial charge is 0.328 e. The number of nitrogens with one attached hydrogen (secondary N) is 1. The Morgan fingerprint density at radius 1 is 0.962 bits per heavy atom. The Hall–Kier alpha value is -4.85. The predicted octanol–water partition coefficient (Wildman–Crippen LogP) is 4.86. The Morgan fingerprint density at radius 3 is 2.30 bits per heavy atom. The number of hydrogen-bond donors (Lipinski definition) is 2. The van der Waals surface area contributed by atoms with Gasteiger partial charge in [-0.05, 0) is 65.8 Å². The van der Waals surface area contributed by atoms with E-state index in [1.807, 2.05) is 82.3 Å². The molecule has 0 saturated carbocycles. The van der Waals surface area contributed by atoms with Gasteiger partial charge in [-0.15, -0.1) is 0 Å². The van der Waals surface area contributed by atoms with Crippen LogP contribution in [0.15, 0.2) is 96.0 Å². The number of carbonyl (C=O) groups excluding carboxylic acids is 3. The summed E-state index contributed by atoms with van der Waals surface area (Å²) in [6, 6.07) is 22.0. The van der Waals surface area contributed by atoms with E-state index in [9.17, 15) is 27.9 Å². The predicted molar refractivity (Wildman–Crippen MR) is 202 cm³/mol. The summed E-state index contributed by atoms with van der Waals surface area (Å²) >= 11 is 0. The van der Waals surface area contributed by atoms with Crippen molar-refractivity contribution in [2.75, 3.05) is 26.7 Å². The number of aromatic nitrogens is 1. The molecular weight excluding hydrogens is 695 g/mol. The number of amides is 4. The summed E-state index contributed by atoms with van der Waals surface area (Å²) in [4.78, 5) is 48.6. The normalized spacial score (nSPS) is 15.9. The third-order valence-electron chi connectivity index (χ3n) is 9.69. The van der Waals surface area contributed by atoms with Crippen molar-refractivity contribution >= 4 is 38.8 Å². The zero-order valence-electron chi connectivity index (χ0n) is 30.9. The third-order valence-corrected chi connectivity index (χ3v) is 11.5. The fraction of sp³-hybridized carbons (Fsp3) is 0.400. The third kappa shape index (κ3) is 9.21. The van der Waals surface area contributed by atoms with Gasteiger partial charge in [0.2, 0.25) is 15.9 Å². The molecule has 282 valence electrons. The van der Waals surface area contributed by atoms with Crippen LogP contribution >= 0.6 is 0 Å². The summed E-state index contributed by atoms with van der Waals surface area (Å²) in [6.45, 7) is 7.09. The van der Waals surface area contributed by atoms with Gasteiger partial charge < -0.3 is 20.1 Å². The van der Waals surface area contributed by atoms with Gasteiger partial charge in [-0.3, -0.25) is 19.5 Å². The van der Waals surface area contributed by atoms with Crippen molar-refractivity contribution in [3.05, 3.63) is 102 Å². The number of ether oxygens (including phenoxy) is 1. The quantitative estimate of drug-likeness (QED) is 0.146. The summed E-state index contributed by atoms with van der Waals surface area (Å²) in [6.07, 6.45) is 1.02. The molecule has 3 aromatic carbocycles. The van der Waals surface area contributed by atoms with Crippen molar-refractivity contribution in [2.24, 2.45) is 11.8 Å². The maximum Gasteiger partial charge on any atom is 0.328 e. The van der Waals surface area contributed by atoms with E-state index in [-0.39, 0.29) is 49.3 Å². The maximum absolute atomic E-state index is 14.4. The number of aliphatic hydroxyl groups excluding tert-OH is 1. The molecule has 2 heterocycles. The van der Waals surface area contributed by atoms with Crippen LogP contribution in [-0.4, -0.2) is 95.4 Å². The zero-order valence-corrected chi connectivity index (χ0v) is 31.7. The van der Waals surface area contributed by atoms with Gasteiger partial charge in [0.25, 0.3) is 5.91 Å². The molecule has 0 aliphatic carbocycles. The number of fused-ring (bicyclic) bond motifs is 1. The number of benzene rings is 3. The molecule has 1 fully saturated rings. The molecule has 0 spiro atoms. The largest absolute Gasteiger partial charge is 0.497 e. The van der Waals surface area contributed by atoms with Crippen LogP contribution < -0.4 is 10.1 Å². The van der Waals surface area contributed by atoms with E-state index in [0.29, 0.717) is 12.2 Å². The molecule has 1 saturated heterocycles. The minimum absolute atomic E-state index is 0.0236. The lowest BCUT2D eigenvalue weighted by atomic mass is 9.95. The molecule has 1 aromatic heterocycles. The van der Waals surface area contributed by atoms with E-state index in [1.54, 1.807) is 24.4 Å². The first-order valence-electron chi connectivity index (χ1n) is 17.9. The molecule has 4 aromatic rings. The summed E-state index contributed by atoms with van der Waals surface area (Å²) < 4.78 is 34.3. The number of pyridine rings is 1. The Kier molecular flexibility index (Phi) is 12.9. The van der Waals surface area contributed by atoms with Crippen LogP contribution in [0.25, 0.3) is 10.9 Å². The van der Waals surface area contributed by atoms with Gasteiger partial charge in [-0.1, -0.05) is 82.6 Å². The Bertz CT molecular complexity index is 1990. The molecule has 0 unspecified atom stereocenters. The van der Waals surface area contributed by atoms with Crippen LogP contribution in [0, 0.1) is 11.8 Å². The topological polar surface area (TPSA) is 149 Å². The number of urea groups is 1. The number of hydrogen-bond acceptors (Lipinski definition) is 8. The first-order valence-corrected chi connectivity index (χ1v) is 19.4. The lowest BCUT2D eigenvalue weighted by molar-refractivity contribution is -0.129. The maximum atomic E-state index is 14.4. The average molecular weight is 744 g/mol. The van der Waals surface area contributed by atoms with Crippen LogP contribution in [-0.2, 0) is 32.6 Å². The summed E-state index contributed by atoms with van der Waals surface area (Å²) in [7, 11) is -2.56. The number of aliphatic hydroxyl groups is 1. The molecule has 13 heteroatoms. The monoisotopic (exact) mass is 743 g/mol. The highest BCUT2D eigenvalue weighted by atomic mass is 32.2. The second-order valence-corrected chi connectivity index (χ2v) is 15.9. The number of sulfonamides is 1. The Labute approximate surface area is 311 Å². The summed E-state index contributed by atoms with van der Waals surface area (Å²) in [5.41, 5.74) is 2.31. The SMILES string of the molecule is CC[C@H](C)[C@@H](C(=O)N[C@@H](Cc1ccccc1)[C@H](O)CN(CC(C)C)S(=O)(=O)c1ccc(OC)cc1)N1CC(=O)N(Cc2ccnc3ccccc23)C1=O. The molecule has 1 aliphatic heterocycles. The second-order valence-electron chi connectivity index (χ2n) is 14.0. The van der Waals surface area contributed by atoms with E-state index >= 15 is 0 Å². The molecule has 2 N–H and O–H groups in total. The number of carbonyl (C=O) groups is 3. The van der Waals surface area contributed by atoms with Crippen molar-refractivity contribution in [2.45, 2.75) is 70.2 Å². The molecule has 0 bridgehead atoms. The van der Waals surface area contributed by atoms with Crippen molar-refractivity contribution in [3.8, 4) is 5.75 Å². The number of nitrogens with zero attached hydrogens (tertiary/aromatic N) is 4. The molecule has 53 heavy (non-hydrogen) atoms. The number of imide groups is 1. The van der Waals surface area contributed by atoms with Gasteiger partial charge in [-0.25, -0.2) is 13.2 Å².